The highest BCUT2D eigenvalue weighted by molar-refractivity contribution is 5.91. The normalized spacial score (nSPS) is 11.1. The molecule has 0 aliphatic rings. The second-order valence-corrected chi connectivity index (χ2v) is 8.17. The van der Waals surface area contributed by atoms with Crippen molar-refractivity contribution in [1.29, 1.82) is 0 Å². The Morgan fingerprint density at radius 1 is 0.903 bits per heavy atom. The predicted octanol–water partition coefficient (Wildman–Crippen LogP) is 5.76. The zero-order chi connectivity index (χ0) is 23.0. The van der Waals surface area contributed by atoms with Crippen LogP contribution in [0.2, 0.25) is 0 Å². The Bertz CT molecular complexity index is 888. The van der Waals surface area contributed by atoms with Gasteiger partial charge in [0.2, 0.25) is 0 Å². The summed E-state index contributed by atoms with van der Waals surface area (Å²) in [7, 11) is 0. The highest BCUT2D eigenvalue weighted by Crippen LogP contribution is 2.37. The van der Waals surface area contributed by atoms with Gasteiger partial charge in [-0.1, -0.05) is 52.2 Å². The number of aromatic hydroxyl groups is 3. The summed E-state index contributed by atoms with van der Waals surface area (Å²) in [6, 6.07) is 6.75. The van der Waals surface area contributed by atoms with E-state index in [1.807, 2.05) is 32.9 Å². The first-order valence-electron chi connectivity index (χ1n) is 11.0. The van der Waals surface area contributed by atoms with E-state index in [-0.39, 0.29) is 28.7 Å². The van der Waals surface area contributed by atoms with Crippen molar-refractivity contribution >= 4 is 5.97 Å². The summed E-state index contributed by atoms with van der Waals surface area (Å²) in [5, 5.41) is 39.8. The van der Waals surface area contributed by atoms with Crippen LogP contribution in [0.25, 0.3) is 0 Å². The van der Waals surface area contributed by atoms with Crippen LogP contribution >= 0.6 is 0 Å². The standard InChI is InChI=1S/C25H34O6/c1-4-9-19-21(14-13-20(23(19)27)25(29)30)31-15-8-6-5-7-10-17-11-12-18(16(2)3)24(28)22(17)26/h11-14,16,26-28H,4-10,15H2,1-3H3,(H,29,30). The number of carbonyl (C=O) groups is 1. The summed E-state index contributed by atoms with van der Waals surface area (Å²) in [6.45, 7) is 6.40. The van der Waals surface area contributed by atoms with E-state index >= 15 is 0 Å². The minimum absolute atomic E-state index is 0.0115. The fourth-order valence-electron chi connectivity index (χ4n) is 3.68. The second-order valence-electron chi connectivity index (χ2n) is 8.17. The second kappa shape index (κ2) is 11.5. The molecule has 4 N–H and O–H groups in total. The van der Waals surface area contributed by atoms with Gasteiger partial charge in [0.1, 0.15) is 17.1 Å². The summed E-state index contributed by atoms with van der Waals surface area (Å²) < 4.78 is 5.81. The highest BCUT2D eigenvalue weighted by atomic mass is 16.5. The Morgan fingerprint density at radius 3 is 2.26 bits per heavy atom. The largest absolute Gasteiger partial charge is 0.507 e. The van der Waals surface area contributed by atoms with Crippen LogP contribution in [-0.2, 0) is 12.8 Å². The number of hydrogen-bond acceptors (Lipinski definition) is 5. The van der Waals surface area contributed by atoms with Crippen LogP contribution in [0.15, 0.2) is 24.3 Å². The number of aryl methyl sites for hydroxylation is 1. The summed E-state index contributed by atoms with van der Waals surface area (Å²) in [5.41, 5.74) is 1.95. The topological polar surface area (TPSA) is 107 Å². The average molecular weight is 431 g/mol. The van der Waals surface area contributed by atoms with Gasteiger partial charge in [0.05, 0.1) is 6.61 Å². The lowest BCUT2D eigenvalue weighted by Gasteiger charge is -2.14. The van der Waals surface area contributed by atoms with Crippen LogP contribution in [0.4, 0.5) is 0 Å². The highest BCUT2D eigenvalue weighted by Gasteiger charge is 2.17. The van der Waals surface area contributed by atoms with E-state index in [0.29, 0.717) is 30.8 Å². The summed E-state index contributed by atoms with van der Waals surface area (Å²) in [6.07, 6.45) is 5.64. The van der Waals surface area contributed by atoms with Crippen LogP contribution in [0.3, 0.4) is 0 Å². The number of ether oxygens (including phenoxy) is 1. The molecule has 6 heteroatoms. The summed E-state index contributed by atoms with van der Waals surface area (Å²) in [4.78, 5) is 11.2. The predicted molar refractivity (Wildman–Crippen MR) is 121 cm³/mol. The van der Waals surface area contributed by atoms with E-state index in [1.165, 1.54) is 6.07 Å². The monoisotopic (exact) mass is 430 g/mol. The van der Waals surface area contributed by atoms with Gasteiger partial charge in [0.25, 0.3) is 0 Å². The fourth-order valence-corrected chi connectivity index (χ4v) is 3.68. The SMILES string of the molecule is CCCc1c(OCCCCCCc2ccc(C(C)C)c(O)c2O)ccc(C(=O)O)c1O. The Balaban J connectivity index is 1.80. The molecule has 0 saturated carbocycles. The molecular formula is C25H34O6. The molecule has 0 aliphatic heterocycles. The number of benzene rings is 2. The van der Waals surface area contributed by atoms with Crippen molar-refractivity contribution in [3.05, 3.63) is 46.5 Å². The van der Waals surface area contributed by atoms with Gasteiger partial charge in [-0.05, 0) is 49.3 Å². The van der Waals surface area contributed by atoms with Gasteiger partial charge in [-0.15, -0.1) is 0 Å². The molecule has 0 aliphatic carbocycles. The molecule has 2 aromatic rings. The van der Waals surface area contributed by atoms with Gasteiger partial charge in [0.15, 0.2) is 11.5 Å². The van der Waals surface area contributed by atoms with Crippen LogP contribution < -0.4 is 4.74 Å². The first kappa shape index (κ1) is 24.4. The van der Waals surface area contributed by atoms with E-state index in [1.54, 1.807) is 6.07 Å². The number of rotatable bonds is 12. The van der Waals surface area contributed by atoms with Crippen molar-refractivity contribution < 1.29 is 30.0 Å². The maximum absolute atomic E-state index is 11.2. The lowest BCUT2D eigenvalue weighted by Crippen LogP contribution is -2.04. The fraction of sp³-hybridized carbons (Fsp3) is 0.480. The van der Waals surface area contributed by atoms with Gasteiger partial charge in [-0.2, -0.15) is 0 Å². The smallest absolute Gasteiger partial charge is 0.339 e. The van der Waals surface area contributed by atoms with Crippen LogP contribution in [0, 0.1) is 0 Å². The van der Waals surface area contributed by atoms with Crippen molar-refractivity contribution in [3.63, 3.8) is 0 Å². The molecule has 0 atom stereocenters. The van der Waals surface area contributed by atoms with Crippen molar-refractivity contribution in [2.45, 2.75) is 71.6 Å². The Labute approximate surface area is 184 Å². The number of phenols is 3. The number of carboxylic acids is 1. The Kier molecular flexibility index (Phi) is 9.03. The molecular weight excluding hydrogens is 396 g/mol. The molecule has 0 unspecified atom stereocenters. The van der Waals surface area contributed by atoms with Crippen molar-refractivity contribution in [3.8, 4) is 23.0 Å². The zero-order valence-electron chi connectivity index (χ0n) is 18.6. The van der Waals surface area contributed by atoms with Crippen molar-refractivity contribution in [2.75, 3.05) is 6.61 Å². The first-order valence-corrected chi connectivity index (χ1v) is 11.0. The van der Waals surface area contributed by atoms with Crippen LogP contribution in [-0.4, -0.2) is 33.0 Å². The lowest BCUT2D eigenvalue weighted by molar-refractivity contribution is 0.0693. The molecule has 6 nitrogen and oxygen atoms in total. The minimum atomic E-state index is -1.15. The lowest BCUT2D eigenvalue weighted by atomic mass is 9.97. The Morgan fingerprint density at radius 2 is 1.61 bits per heavy atom. The molecule has 0 saturated heterocycles. The molecule has 0 fully saturated rings. The van der Waals surface area contributed by atoms with E-state index < -0.39 is 5.97 Å². The van der Waals surface area contributed by atoms with Crippen LogP contribution in [0.1, 0.15) is 85.8 Å². The van der Waals surface area contributed by atoms with Gasteiger partial charge in [-0.25, -0.2) is 4.79 Å². The van der Waals surface area contributed by atoms with Crippen LogP contribution in [0.5, 0.6) is 23.0 Å². The van der Waals surface area contributed by atoms with Crippen molar-refractivity contribution in [1.82, 2.24) is 0 Å². The number of carboxylic acid groups (broad SMARTS) is 1. The molecule has 0 spiro atoms. The van der Waals surface area contributed by atoms with Gasteiger partial charge in [-0.3, -0.25) is 0 Å². The third-order valence-corrected chi connectivity index (χ3v) is 5.46. The van der Waals surface area contributed by atoms with Gasteiger partial charge in [0, 0.05) is 11.1 Å². The molecule has 0 radical (unpaired) electrons. The molecule has 0 heterocycles. The van der Waals surface area contributed by atoms with E-state index in [9.17, 15) is 20.1 Å². The number of hydrogen-bond donors (Lipinski definition) is 4. The third-order valence-electron chi connectivity index (χ3n) is 5.46. The molecule has 0 amide bonds. The molecule has 0 bridgehead atoms. The van der Waals surface area contributed by atoms with Crippen molar-refractivity contribution in [2.24, 2.45) is 0 Å². The van der Waals surface area contributed by atoms with E-state index in [2.05, 4.69) is 0 Å². The van der Waals surface area contributed by atoms with E-state index in [0.717, 1.165) is 43.2 Å². The molecule has 2 aromatic carbocycles. The third kappa shape index (κ3) is 6.29. The maximum Gasteiger partial charge on any atom is 0.339 e. The minimum Gasteiger partial charge on any atom is -0.507 e. The quantitative estimate of drug-likeness (QED) is 0.252. The first-order chi connectivity index (χ1) is 14.8. The average Bonchev–Trinajstić information content (AvgIpc) is 2.72. The summed E-state index contributed by atoms with van der Waals surface area (Å²) >= 11 is 0. The molecule has 0 aromatic heterocycles. The summed E-state index contributed by atoms with van der Waals surface area (Å²) in [5.74, 6) is -0.698. The molecule has 170 valence electrons. The Hall–Kier alpha value is -2.89. The van der Waals surface area contributed by atoms with Gasteiger partial charge < -0.3 is 25.2 Å². The zero-order valence-corrected chi connectivity index (χ0v) is 18.6. The maximum atomic E-state index is 11.2. The number of aromatic carboxylic acids is 1. The van der Waals surface area contributed by atoms with E-state index in [4.69, 9.17) is 9.84 Å². The van der Waals surface area contributed by atoms with Gasteiger partial charge >= 0.3 is 5.97 Å². The number of unbranched alkanes of at least 4 members (excludes halogenated alkanes) is 3. The molecule has 31 heavy (non-hydrogen) atoms. The molecule has 2 rings (SSSR count). The number of phenolic OH excluding ortho intramolecular Hbond substituents is 2.